The van der Waals surface area contributed by atoms with Crippen molar-refractivity contribution in [3.63, 3.8) is 0 Å². The fraction of sp³-hybridized carbons (Fsp3) is 0.696. The average Bonchev–Trinajstić information content (AvgIpc) is 3.78. The van der Waals surface area contributed by atoms with E-state index in [0.29, 0.717) is 50.6 Å². The molecular formula is C46H76N8O9S. The first-order chi connectivity index (χ1) is 30.7. The van der Waals surface area contributed by atoms with E-state index in [-0.39, 0.29) is 67.8 Å². The number of nitrogens with zero attached hydrogens (tertiary/aromatic N) is 3. The molecule has 17 nitrogen and oxygen atoms in total. The minimum absolute atomic E-state index is 0.00504. The second kappa shape index (κ2) is 29.4. The van der Waals surface area contributed by atoms with Gasteiger partial charge in [0.05, 0.1) is 19.3 Å². The van der Waals surface area contributed by atoms with Crippen molar-refractivity contribution >= 4 is 41.1 Å². The number of benzene rings is 1. The maximum atomic E-state index is 14.8. The lowest BCUT2D eigenvalue weighted by molar-refractivity contribution is -0.149. The van der Waals surface area contributed by atoms with Gasteiger partial charge in [0, 0.05) is 49.6 Å². The van der Waals surface area contributed by atoms with Gasteiger partial charge in [0.25, 0.3) is 5.91 Å². The van der Waals surface area contributed by atoms with Crippen LogP contribution in [0.15, 0.2) is 35.7 Å². The zero-order valence-electron chi connectivity index (χ0n) is 39.4. The van der Waals surface area contributed by atoms with E-state index in [1.807, 2.05) is 65.1 Å². The summed E-state index contributed by atoms with van der Waals surface area (Å²) in [6.45, 7) is 16.3. The van der Waals surface area contributed by atoms with Crippen LogP contribution in [0, 0.1) is 17.8 Å². The van der Waals surface area contributed by atoms with E-state index in [9.17, 15) is 24.0 Å². The van der Waals surface area contributed by atoms with E-state index < -0.39 is 42.0 Å². The van der Waals surface area contributed by atoms with E-state index >= 15 is 0 Å². The van der Waals surface area contributed by atoms with Gasteiger partial charge in [0.2, 0.25) is 17.7 Å². The van der Waals surface area contributed by atoms with Gasteiger partial charge in [-0.05, 0) is 70.0 Å². The highest BCUT2D eigenvalue weighted by Gasteiger charge is 2.38. The van der Waals surface area contributed by atoms with Crippen molar-refractivity contribution in [2.45, 2.75) is 130 Å². The Morgan fingerprint density at radius 3 is 2.34 bits per heavy atom. The van der Waals surface area contributed by atoms with Crippen molar-refractivity contribution in [3.05, 3.63) is 52.0 Å². The summed E-state index contributed by atoms with van der Waals surface area (Å²) in [5.41, 5.74) is 11.2. The van der Waals surface area contributed by atoms with Gasteiger partial charge in [-0.25, -0.2) is 15.2 Å². The number of nitrogens with one attached hydrogen (secondary N) is 4. The SMILES string of the molecule is CCCOC(CC(C(C)C)N(COCC)C(=O)C(NC(=O)C1CCCCN1C)C(C)CC)c1nc(C(=O)NC(Cc2ccccc2)CC(C)C(=O)NNC(=O)OCCOCCN)cs1. The quantitative estimate of drug-likeness (QED) is 0.0435. The van der Waals surface area contributed by atoms with Crippen LogP contribution in [-0.4, -0.2) is 129 Å². The molecule has 1 saturated heterocycles. The lowest BCUT2D eigenvalue weighted by atomic mass is 9.92. The van der Waals surface area contributed by atoms with Crippen molar-refractivity contribution in [1.82, 2.24) is 36.3 Å². The van der Waals surface area contributed by atoms with Gasteiger partial charge < -0.3 is 40.2 Å². The monoisotopic (exact) mass is 917 g/mol. The minimum atomic E-state index is -0.832. The van der Waals surface area contributed by atoms with Crippen molar-refractivity contribution < 1.29 is 42.9 Å². The average molecular weight is 917 g/mol. The summed E-state index contributed by atoms with van der Waals surface area (Å²) < 4.78 is 22.6. The van der Waals surface area contributed by atoms with Crippen LogP contribution < -0.4 is 27.2 Å². The first-order valence-corrected chi connectivity index (χ1v) is 23.9. The number of hydrogen-bond acceptors (Lipinski definition) is 13. The zero-order chi connectivity index (χ0) is 47.0. The van der Waals surface area contributed by atoms with Crippen molar-refractivity contribution in [3.8, 4) is 0 Å². The largest absolute Gasteiger partial charge is 0.446 e. The zero-order valence-corrected chi connectivity index (χ0v) is 40.2. The molecule has 1 aliphatic heterocycles. The van der Waals surface area contributed by atoms with Gasteiger partial charge in [0.15, 0.2) is 0 Å². The van der Waals surface area contributed by atoms with E-state index in [1.165, 1.54) is 11.3 Å². The molecule has 0 aliphatic carbocycles. The summed E-state index contributed by atoms with van der Waals surface area (Å²) in [6, 6.07) is 7.77. The summed E-state index contributed by atoms with van der Waals surface area (Å²) in [5.74, 6) is -1.97. The van der Waals surface area contributed by atoms with Crippen LogP contribution in [0.5, 0.6) is 0 Å². The summed E-state index contributed by atoms with van der Waals surface area (Å²) in [6.07, 6.45) is 3.89. The summed E-state index contributed by atoms with van der Waals surface area (Å²) in [5, 5.41) is 8.55. The molecule has 2 heterocycles. The highest BCUT2D eigenvalue weighted by atomic mass is 32.1. The van der Waals surface area contributed by atoms with Gasteiger partial charge >= 0.3 is 6.09 Å². The van der Waals surface area contributed by atoms with Gasteiger partial charge in [-0.1, -0.05) is 84.7 Å². The number of thiazole rings is 1. The molecule has 0 saturated carbocycles. The molecule has 6 N–H and O–H groups in total. The molecule has 1 aromatic heterocycles. The molecule has 1 aliphatic rings. The fourth-order valence-electron chi connectivity index (χ4n) is 7.58. The van der Waals surface area contributed by atoms with Crippen molar-refractivity contribution in [2.24, 2.45) is 23.5 Å². The Kier molecular flexibility index (Phi) is 24.8. The van der Waals surface area contributed by atoms with E-state index in [0.717, 1.165) is 37.8 Å². The van der Waals surface area contributed by atoms with Crippen LogP contribution in [0.4, 0.5) is 4.79 Å². The molecule has 0 radical (unpaired) electrons. The number of aromatic nitrogens is 1. The van der Waals surface area contributed by atoms with E-state index in [2.05, 4.69) is 40.2 Å². The van der Waals surface area contributed by atoms with Crippen LogP contribution in [-0.2, 0) is 39.8 Å². The number of hydrogen-bond donors (Lipinski definition) is 5. The van der Waals surface area contributed by atoms with Gasteiger partial charge in [-0.2, -0.15) is 0 Å². The number of hydrazine groups is 1. The number of nitrogens with two attached hydrogens (primary N) is 1. The molecule has 1 aromatic carbocycles. The smallest absolute Gasteiger partial charge is 0.426 e. The molecule has 18 heteroatoms. The normalized spacial score (nSPS) is 17.1. The van der Waals surface area contributed by atoms with Crippen LogP contribution in [0.2, 0.25) is 0 Å². The second-order valence-corrected chi connectivity index (χ2v) is 17.8. The third-order valence-corrected chi connectivity index (χ3v) is 12.4. The molecule has 1 fully saturated rings. The van der Waals surface area contributed by atoms with Gasteiger partial charge in [-0.15, -0.1) is 11.3 Å². The Labute approximate surface area is 384 Å². The predicted molar refractivity (Wildman–Crippen MR) is 247 cm³/mol. The number of ether oxygens (including phenoxy) is 4. The summed E-state index contributed by atoms with van der Waals surface area (Å²) >= 11 is 1.31. The van der Waals surface area contributed by atoms with Crippen LogP contribution in [0.25, 0.3) is 0 Å². The number of likely N-dealkylation sites (tertiary alicyclic amines) is 1. The Morgan fingerprint density at radius 2 is 1.69 bits per heavy atom. The van der Waals surface area contributed by atoms with Gasteiger partial charge in [0.1, 0.15) is 36.2 Å². The minimum Gasteiger partial charge on any atom is -0.446 e. The number of likely N-dealkylation sites (N-methyl/N-ethyl adjacent to an activating group) is 1. The molecule has 3 rings (SSSR count). The van der Waals surface area contributed by atoms with E-state index in [4.69, 9.17) is 29.7 Å². The maximum absolute atomic E-state index is 14.8. The molecule has 7 unspecified atom stereocenters. The highest BCUT2D eigenvalue weighted by molar-refractivity contribution is 7.09. The number of carbonyl (C=O) groups excluding carboxylic acids is 5. The molecule has 360 valence electrons. The molecular weight excluding hydrogens is 841 g/mol. The Hall–Kier alpha value is -4.20. The lowest BCUT2D eigenvalue weighted by Gasteiger charge is -2.40. The third kappa shape index (κ3) is 18.0. The number of piperidine rings is 1. The first-order valence-electron chi connectivity index (χ1n) is 23.0. The molecule has 64 heavy (non-hydrogen) atoms. The molecule has 7 atom stereocenters. The van der Waals surface area contributed by atoms with Gasteiger partial charge in [-0.3, -0.25) is 29.5 Å². The molecule has 2 aromatic rings. The maximum Gasteiger partial charge on any atom is 0.426 e. The standard InChI is InChI=1S/C46H76N8O9S/c1-9-22-62-39(28-38(31(4)5)54(30-60-11-3)45(58)40(32(6)10-2)50-43(57)37-19-15-16-21-53(37)8)44-49-36(29-64-44)42(56)48-35(27-34-17-13-12-14-18-34)26-33(7)41(55)51-52-46(59)63-25-24-61-23-20-47/h12-14,17-18,29,31-33,35,37-40H,9-11,15-16,19-28,30,47H2,1-8H3,(H,48,56)(H,50,57)(H,51,55)(H,52,59). The van der Waals surface area contributed by atoms with Crippen LogP contribution >= 0.6 is 11.3 Å². The topological polar surface area (TPSA) is 216 Å². The molecule has 0 spiro atoms. The first kappa shape index (κ1) is 54.1. The van der Waals surface area contributed by atoms with E-state index in [1.54, 1.807) is 17.2 Å². The molecule has 5 amide bonds. The highest BCUT2D eigenvalue weighted by Crippen LogP contribution is 2.32. The summed E-state index contributed by atoms with van der Waals surface area (Å²) in [7, 11) is 1.96. The van der Waals surface area contributed by atoms with Crippen molar-refractivity contribution in [1.29, 1.82) is 0 Å². The van der Waals surface area contributed by atoms with Crippen LogP contribution in [0.1, 0.15) is 121 Å². The summed E-state index contributed by atoms with van der Waals surface area (Å²) in [4.78, 5) is 76.2. The number of carbonyl (C=O) groups is 5. The number of rotatable bonds is 28. The number of amides is 5. The Bertz CT molecular complexity index is 1700. The van der Waals surface area contributed by atoms with Crippen LogP contribution in [0.3, 0.4) is 0 Å². The second-order valence-electron chi connectivity index (χ2n) is 16.9. The molecule has 0 bridgehead atoms. The Morgan fingerprint density at radius 1 is 0.938 bits per heavy atom. The predicted octanol–water partition coefficient (Wildman–Crippen LogP) is 4.96. The Balaban J connectivity index is 1.81. The third-order valence-electron chi connectivity index (χ3n) is 11.5. The fourth-order valence-corrected chi connectivity index (χ4v) is 8.44. The van der Waals surface area contributed by atoms with Crippen molar-refractivity contribution in [2.75, 3.05) is 59.9 Å². The lowest BCUT2D eigenvalue weighted by Crippen LogP contribution is -2.59.